The van der Waals surface area contributed by atoms with E-state index in [0.717, 1.165) is 12.2 Å². The first-order chi connectivity index (χ1) is 9.11. The summed E-state index contributed by atoms with van der Waals surface area (Å²) in [5.74, 6) is 0. The number of aryl methyl sites for hydroxylation is 3. The van der Waals surface area contributed by atoms with Crippen molar-refractivity contribution in [3.05, 3.63) is 64.5 Å². The number of hydrogen-bond acceptors (Lipinski definition) is 2. The SMILES string of the molecule is CCNC(c1cc(C)cc(C)c1)c1cccnc1C. The lowest BCUT2D eigenvalue weighted by atomic mass is 9.95. The van der Waals surface area contributed by atoms with Crippen molar-refractivity contribution in [3.63, 3.8) is 0 Å². The van der Waals surface area contributed by atoms with Crippen LogP contribution in [-0.4, -0.2) is 11.5 Å². The normalized spacial score (nSPS) is 12.4. The Balaban J connectivity index is 2.48. The van der Waals surface area contributed by atoms with Crippen molar-refractivity contribution in [1.82, 2.24) is 10.3 Å². The van der Waals surface area contributed by atoms with E-state index < -0.39 is 0 Å². The average Bonchev–Trinajstić information content (AvgIpc) is 2.36. The van der Waals surface area contributed by atoms with Gasteiger partial charge in [0, 0.05) is 11.9 Å². The first-order valence-corrected chi connectivity index (χ1v) is 6.85. The zero-order valence-corrected chi connectivity index (χ0v) is 12.2. The highest BCUT2D eigenvalue weighted by molar-refractivity contribution is 5.38. The molecule has 0 fully saturated rings. The molecule has 0 radical (unpaired) electrons. The first kappa shape index (κ1) is 13.8. The van der Waals surface area contributed by atoms with E-state index in [1.54, 1.807) is 0 Å². The molecular formula is C17H22N2. The van der Waals surface area contributed by atoms with Gasteiger partial charge < -0.3 is 5.32 Å². The van der Waals surface area contributed by atoms with E-state index in [-0.39, 0.29) is 6.04 Å². The van der Waals surface area contributed by atoms with E-state index in [1.165, 1.54) is 22.3 Å². The van der Waals surface area contributed by atoms with Crippen molar-refractivity contribution in [3.8, 4) is 0 Å². The van der Waals surface area contributed by atoms with Gasteiger partial charge in [0.05, 0.1) is 6.04 Å². The Labute approximate surface area is 115 Å². The fraction of sp³-hybridized carbons (Fsp3) is 0.353. The van der Waals surface area contributed by atoms with Crippen molar-refractivity contribution in [1.29, 1.82) is 0 Å². The van der Waals surface area contributed by atoms with E-state index in [1.807, 2.05) is 12.3 Å². The number of nitrogens with zero attached hydrogens (tertiary/aromatic N) is 1. The standard InChI is InChI=1S/C17H22N2/c1-5-18-17(16-7-6-8-19-14(16)4)15-10-12(2)9-13(3)11-15/h6-11,17-18H,5H2,1-4H3. The lowest BCUT2D eigenvalue weighted by Crippen LogP contribution is -2.23. The fourth-order valence-corrected chi connectivity index (χ4v) is 2.59. The van der Waals surface area contributed by atoms with E-state index in [9.17, 15) is 0 Å². The molecule has 0 saturated heterocycles. The molecule has 0 aliphatic heterocycles. The smallest absolute Gasteiger partial charge is 0.0594 e. The Kier molecular flexibility index (Phi) is 4.33. The van der Waals surface area contributed by atoms with Crippen LogP contribution in [0.1, 0.15) is 40.9 Å². The first-order valence-electron chi connectivity index (χ1n) is 6.85. The molecule has 0 aliphatic carbocycles. The predicted octanol–water partition coefficient (Wildman–Crippen LogP) is 3.71. The van der Waals surface area contributed by atoms with Crippen LogP contribution in [-0.2, 0) is 0 Å². The van der Waals surface area contributed by atoms with Crippen molar-refractivity contribution in [2.45, 2.75) is 33.7 Å². The highest BCUT2D eigenvalue weighted by atomic mass is 14.9. The second-order valence-corrected chi connectivity index (χ2v) is 5.09. The van der Waals surface area contributed by atoms with Gasteiger partial charge in [0.15, 0.2) is 0 Å². The fourth-order valence-electron chi connectivity index (χ4n) is 2.59. The number of nitrogens with one attached hydrogen (secondary N) is 1. The molecule has 1 heterocycles. The van der Waals surface area contributed by atoms with E-state index in [0.29, 0.717) is 0 Å². The number of hydrogen-bond donors (Lipinski definition) is 1. The van der Waals surface area contributed by atoms with Gasteiger partial charge in [-0.25, -0.2) is 0 Å². The number of pyridine rings is 1. The van der Waals surface area contributed by atoms with Crippen LogP contribution in [0.5, 0.6) is 0 Å². The molecule has 0 spiro atoms. The van der Waals surface area contributed by atoms with Gasteiger partial charge in [-0.3, -0.25) is 4.98 Å². The zero-order chi connectivity index (χ0) is 13.8. The number of aromatic nitrogens is 1. The molecule has 19 heavy (non-hydrogen) atoms. The Morgan fingerprint density at radius 3 is 2.37 bits per heavy atom. The molecular weight excluding hydrogens is 232 g/mol. The third-order valence-electron chi connectivity index (χ3n) is 3.34. The molecule has 2 rings (SSSR count). The van der Waals surface area contributed by atoms with Gasteiger partial charge in [0.2, 0.25) is 0 Å². The molecule has 0 bridgehead atoms. The summed E-state index contributed by atoms with van der Waals surface area (Å²) in [6.45, 7) is 9.45. The second kappa shape index (κ2) is 5.98. The highest BCUT2D eigenvalue weighted by Crippen LogP contribution is 2.25. The summed E-state index contributed by atoms with van der Waals surface area (Å²) in [6.07, 6.45) is 1.85. The molecule has 1 aromatic carbocycles. The lowest BCUT2D eigenvalue weighted by Gasteiger charge is -2.21. The van der Waals surface area contributed by atoms with Crippen LogP contribution in [0.4, 0.5) is 0 Å². The maximum Gasteiger partial charge on any atom is 0.0594 e. The van der Waals surface area contributed by atoms with Gasteiger partial charge in [-0.2, -0.15) is 0 Å². The molecule has 2 aromatic rings. The van der Waals surface area contributed by atoms with Gasteiger partial charge in [0.1, 0.15) is 0 Å². The molecule has 1 unspecified atom stereocenters. The molecule has 1 aromatic heterocycles. The number of rotatable bonds is 4. The second-order valence-electron chi connectivity index (χ2n) is 5.09. The summed E-state index contributed by atoms with van der Waals surface area (Å²) in [4.78, 5) is 4.41. The molecule has 100 valence electrons. The van der Waals surface area contributed by atoms with Crippen LogP contribution in [0.3, 0.4) is 0 Å². The van der Waals surface area contributed by atoms with E-state index >= 15 is 0 Å². The van der Waals surface area contributed by atoms with Crippen LogP contribution < -0.4 is 5.32 Å². The lowest BCUT2D eigenvalue weighted by molar-refractivity contribution is 0.624. The monoisotopic (exact) mass is 254 g/mol. The minimum absolute atomic E-state index is 0.220. The van der Waals surface area contributed by atoms with Crippen molar-refractivity contribution in [2.75, 3.05) is 6.54 Å². The third-order valence-corrected chi connectivity index (χ3v) is 3.34. The molecule has 0 aliphatic rings. The topological polar surface area (TPSA) is 24.9 Å². The molecule has 0 saturated carbocycles. The maximum absolute atomic E-state index is 4.41. The van der Waals surface area contributed by atoms with Crippen molar-refractivity contribution >= 4 is 0 Å². The van der Waals surface area contributed by atoms with E-state index in [2.05, 4.69) is 62.3 Å². The van der Waals surface area contributed by atoms with E-state index in [4.69, 9.17) is 0 Å². The van der Waals surface area contributed by atoms with Crippen LogP contribution in [0, 0.1) is 20.8 Å². The summed E-state index contributed by atoms with van der Waals surface area (Å²) < 4.78 is 0. The van der Waals surface area contributed by atoms with Crippen LogP contribution >= 0.6 is 0 Å². The van der Waals surface area contributed by atoms with Gasteiger partial charge in [-0.15, -0.1) is 0 Å². The summed E-state index contributed by atoms with van der Waals surface area (Å²) in [5, 5.41) is 3.57. The van der Waals surface area contributed by atoms with Crippen LogP contribution in [0.25, 0.3) is 0 Å². The Morgan fingerprint density at radius 2 is 1.79 bits per heavy atom. The van der Waals surface area contributed by atoms with Crippen LogP contribution in [0.2, 0.25) is 0 Å². The molecule has 2 heteroatoms. The summed E-state index contributed by atoms with van der Waals surface area (Å²) >= 11 is 0. The average molecular weight is 254 g/mol. The summed E-state index contributed by atoms with van der Waals surface area (Å²) in [6, 6.07) is 11.1. The molecule has 0 amide bonds. The van der Waals surface area contributed by atoms with Gasteiger partial charge >= 0.3 is 0 Å². The van der Waals surface area contributed by atoms with Gasteiger partial charge in [-0.1, -0.05) is 42.3 Å². The van der Waals surface area contributed by atoms with Crippen molar-refractivity contribution < 1.29 is 0 Å². The van der Waals surface area contributed by atoms with Crippen LogP contribution in [0.15, 0.2) is 36.5 Å². The predicted molar refractivity (Wildman–Crippen MR) is 80.4 cm³/mol. The Hall–Kier alpha value is -1.67. The summed E-state index contributed by atoms with van der Waals surface area (Å²) in [7, 11) is 0. The Morgan fingerprint density at radius 1 is 1.11 bits per heavy atom. The highest BCUT2D eigenvalue weighted by Gasteiger charge is 2.15. The molecule has 1 atom stereocenters. The quantitative estimate of drug-likeness (QED) is 0.899. The van der Waals surface area contributed by atoms with Gasteiger partial charge in [0.25, 0.3) is 0 Å². The minimum atomic E-state index is 0.220. The number of benzene rings is 1. The Bertz CT molecular complexity index is 541. The van der Waals surface area contributed by atoms with Crippen molar-refractivity contribution in [2.24, 2.45) is 0 Å². The maximum atomic E-state index is 4.41. The zero-order valence-electron chi connectivity index (χ0n) is 12.2. The van der Waals surface area contributed by atoms with Gasteiger partial charge in [-0.05, 0) is 44.5 Å². The largest absolute Gasteiger partial charge is 0.306 e. The minimum Gasteiger partial charge on any atom is -0.306 e. The molecule has 1 N–H and O–H groups in total. The molecule has 2 nitrogen and oxygen atoms in total. The third kappa shape index (κ3) is 3.21. The summed E-state index contributed by atoms with van der Waals surface area (Å²) in [5.41, 5.74) is 6.27.